The maximum atomic E-state index is 11.1. The summed E-state index contributed by atoms with van der Waals surface area (Å²) in [5.74, 6) is 1.16. The molecule has 0 unspecified atom stereocenters. The number of fused-ring (bicyclic) bond motifs is 1. The van der Waals surface area contributed by atoms with Gasteiger partial charge in [0.25, 0.3) is 5.69 Å². The van der Waals surface area contributed by atoms with Gasteiger partial charge in [-0.15, -0.1) is 0 Å². The van der Waals surface area contributed by atoms with Crippen LogP contribution in [-0.4, -0.2) is 22.9 Å². The number of hydrazone groups is 1. The molecule has 1 aliphatic heterocycles. The number of hydrogen-bond donors (Lipinski definition) is 1. The summed E-state index contributed by atoms with van der Waals surface area (Å²) in [5.41, 5.74) is 2.38. The molecule has 2 aromatic carbocycles. The maximum Gasteiger partial charge on any atom is 0.301 e. The van der Waals surface area contributed by atoms with E-state index in [-0.39, 0.29) is 18.2 Å². The van der Waals surface area contributed by atoms with E-state index in [1.54, 1.807) is 12.1 Å². The number of non-ortho nitro benzene ring substituents is 1. The summed E-state index contributed by atoms with van der Waals surface area (Å²) in [5, 5.41) is 25.7. The predicted octanol–water partition coefficient (Wildman–Crippen LogP) is 3.44. The zero-order valence-corrected chi connectivity index (χ0v) is 13.9. The van der Waals surface area contributed by atoms with Crippen molar-refractivity contribution in [2.45, 2.75) is 0 Å². The molecule has 11 heteroatoms. The minimum absolute atomic E-state index is 0.0312. The van der Waals surface area contributed by atoms with E-state index in [4.69, 9.17) is 9.47 Å². The summed E-state index contributed by atoms with van der Waals surface area (Å²) < 4.78 is 11.2. The lowest BCUT2D eigenvalue weighted by molar-refractivity contribution is -0.393. The van der Waals surface area contributed by atoms with Crippen LogP contribution in [0.2, 0.25) is 0 Å². The molecular formula is C14H9BrN4O6. The highest BCUT2D eigenvalue weighted by Gasteiger charge is 2.19. The molecule has 10 nitrogen and oxygen atoms in total. The zero-order valence-electron chi connectivity index (χ0n) is 12.3. The van der Waals surface area contributed by atoms with E-state index in [0.717, 1.165) is 12.1 Å². The third kappa shape index (κ3) is 3.50. The first kappa shape index (κ1) is 16.6. The third-order valence-corrected chi connectivity index (χ3v) is 3.96. The standard InChI is InChI=1S/C14H9BrN4O6/c15-10-5-14-13(24-7-25-14)3-8(10)6-16-17-11-2-1-9(18(20)21)4-12(11)19(22)23/h1-6,17H,7H2/b16-6-. The van der Waals surface area contributed by atoms with Crippen molar-refractivity contribution in [3.63, 3.8) is 0 Å². The van der Waals surface area contributed by atoms with Crippen molar-refractivity contribution in [1.82, 2.24) is 0 Å². The van der Waals surface area contributed by atoms with Crippen LogP contribution in [0.25, 0.3) is 0 Å². The molecule has 1 N–H and O–H groups in total. The molecule has 0 saturated heterocycles. The van der Waals surface area contributed by atoms with Gasteiger partial charge < -0.3 is 9.47 Å². The third-order valence-electron chi connectivity index (χ3n) is 3.27. The lowest BCUT2D eigenvalue weighted by Crippen LogP contribution is -1.99. The van der Waals surface area contributed by atoms with Crippen molar-refractivity contribution in [3.05, 3.63) is 60.6 Å². The molecule has 0 bridgehead atoms. The minimum atomic E-state index is -0.721. The Labute approximate surface area is 148 Å². The average molecular weight is 409 g/mol. The van der Waals surface area contributed by atoms with Crippen LogP contribution in [0, 0.1) is 20.2 Å². The van der Waals surface area contributed by atoms with Gasteiger partial charge in [0.2, 0.25) is 6.79 Å². The lowest BCUT2D eigenvalue weighted by Gasteiger charge is -2.03. The van der Waals surface area contributed by atoms with Crippen molar-refractivity contribution < 1.29 is 19.3 Å². The van der Waals surface area contributed by atoms with Crippen LogP contribution in [0.5, 0.6) is 11.5 Å². The summed E-state index contributed by atoms with van der Waals surface area (Å²) in [4.78, 5) is 20.4. The van der Waals surface area contributed by atoms with Crippen molar-refractivity contribution >= 4 is 39.2 Å². The number of anilines is 1. The first-order valence-corrected chi connectivity index (χ1v) is 7.56. The normalized spacial score (nSPS) is 12.4. The molecule has 0 amide bonds. The molecule has 1 heterocycles. The van der Waals surface area contributed by atoms with E-state index in [1.165, 1.54) is 12.3 Å². The van der Waals surface area contributed by atoms with Gasteiger partial charge in [-0.3, -0.25) is 25.7 Å². The first-order valence-electron chi connectivity index (χ1n) is 6.77. The topological polar surface area (TPSA) is 129 Å². The van der Waals surface area contributed by atoms with Crippen molar-refractivity contribution in [2.75, 3.05) is 12.2 Å². The molecule has 3 rings (SSSR count). The van der Waals surface area contributed by atoms with Gasteiger partial charge in [0.1, 0.15) is 5.69 Å². The van der Waals surface area contributed by atoms with Crippen molar-refractivity contribution in [3.8, 4) is 11.5 Å². The fourth-order valence-corrected chi connectivity index (χ4v) is 2.51. The van der Waals surface area contributed by atoms with Crippen LogP contribution in [0.15, 0.2) is 39.9 Å². The molecule has 128 valence electrons. The molecule has 0 aliphatic carbocycles. The van der Waals surface area contributed by atoms with Gasteiger partial charge in [-0.25, -0.2) is 0 Å². The van der Waals surface area contributed by atoms with E-state index in [9.17, 15) is 20.2 Å². The summed E-state index contributed by atoms with van der Waals surface area (Å²) >= 11 is 3.36. The van der Waals surface area contributed by atoms with Crippen LogP contribution in [0.4, 0.5) is 17.1 Å². The summed E-state index contributed by atoms with van der Waals surface area (Å²) in [6, 6.07) is 6.66. The number of nitro groups is 2. The Kier molecular flexibility index (Phi) is 4.48. The second-order valence-corrected chi connectivity index (χ2v) is 5.67. The van der Waals surface area contributed by atoms with Gasteiger partial charge in [0, 0.05) is 16.1 Å². The Bertz CT molecular complexity index is 901. The average Bonchev–Trinajstić information content (AvgIpc) is 3.01. The molecule has 2 aromatic rings. The second-order valence-electron chi connectivity index (χ2n) is 4.81. The number of ether oxygens (including phenoxy) is 2. The fraction of sp³-hybridized carbons (Fsp3) is 0.0714. The van der Waals surface area contributed by atoms with Crippen LogP contribution in [0.3, 0.4) is 0 Å². The van der Waals surface area contributed by atoms with Gasteiger partial charge in [-0.2, -0.15) is 5.10 Å². The van der Waals surface area contributed by atoms with Gasteiger partial charge >= 0.3 is 5.69 Å². The van der Waals surface area contributed by atoms with E-state index in [2.05, 4.69) is 26.5 Å². The second kappa shape index (κ2) is 6.73. The van der Waals surface area contributed by atoms with Crippen LogP contribution in [0.1, 0.15) is 5.56 Å². The smallest absolute Gasteiger partial charge is 0.301 e. The Balaban J connectivity index is 1.83. The molecule has 0 fully saturated rings. The lowest BCUT2D eigenvalue weighted by atomic mass is 10.2. The van der Waals surface area contributed by atoms with Gasteiger partial charge in [0.15, 0.2) is 11.5 Å². The summed E-state index contributed by atoms with van der Waals surface area (Å²) in [6.45, 7) is 0.135. The zero-order chi connectivity index (χ0) is 18.0. The SMILES string of the molecule is O=[N+]([O-])c1ccc(N/N=C\c2cc3c(cc2Br)OCO3)c([N+](=O)[O-])c1. The monoisotopic (exact) mass is 408 g/mol. The van der Waals surface area contributed by atoms with Crippen molar-refractivity contribution in [2.24, 2.45) is 5.10 Å². The predicted molar refractivity (Wildman–Crippen MR) is 91.2 cm³/mol. The van der Waals surface area contributed by atoms with Gasteiger partial charge in [-0.05, 0) is 34.1 Å². The Morgan fingerprint density at radius 2 is 1.84 bits per heavy atom. The van der Waals surface area contributed by atoms with E-state index in [0.29, 0.717) is 21.5 Å². The first-order chi connectivity index (χ1) is 12.0. The minimum Gasteiger partial charge on any atom is -0.454 e. The molecule has 0 spiro atoms. The fourth-order valence-electron chi connectivity index (χ4n) is 2.08. The summed E-state index contributed by atoms with van der Waals surface area (Å²) in [7, 11) is 0. The molecule has 25 heavy (non-hydrogen) atoms. The number of nitrogens with zero attached hydrogens (tertiary/aromatic N) is 3. The van der Waals surface area contributed by atoms with E-state index >= 15 is 0 Å². The highest BCUT2D eigenvalue weighted by atomic mass is 79.9. The Morgan fingerprint density at radius 3 is 2.52 bits per heavy atom. The van der Waals surface area contributed by atoms with E-state index < -0.39 is 15.5 Å². The Hall–Kier alpha value is -3.21. The van der Waals surface area contributed by atoms with E-state index in [1.807, 2.05) is 0 Å². The highest BCUT2D eigenvalue weighted by molar-refractivity contribution is 9.10. The maximum absolute atomic E-state index is 11.1. The number of hydrogen-bond acceptors (Lipinski definition) is 8. The van der Waals surface area contributed by atoms with Gasteiger partial charge in [0.05, 0.1) is 22.1 Å². The Morgan fingerprint density at radius 1 is 1.12 bits per heavy atom. The number of rotatable bonds is 5. The largest absolute Gasteiger partial charge is 0.454 e. The van der Waals surface area contributed by atoms with Crippen molar-refractivity contribution in [1.29, 1.82) is 0 Å². The van der Waals surface area contributed by atoms with Crippen LogP contribution in [-0.2, 0) is 0 Å². The molecule has 0 atom stereocenters. The van der Waals surface area contributed by atoms with Gasteiger partial charge in [-0.1, -0.05) is 0 Å². The summed E-state index contributed by atoms with van der Waals surface area (Å²) in [6.07, 6.45) is 1.43. The molecule has 0 aromatic heterocycles. The van der Waals surface area contributed by atoms with Crippen LogP contribution >= 0.6 is 15.9 Å². The number of nitrogens with one attached hydrogen (secondary N) is 1. The number of benzene rings is 2. The number of nitro benzene ring substituents is 2. The molecular weight excluding hydrogens is 400 g/mol. The quantitative estimate of drug-likeness (QED) is 0.455. The molecule has 0 radical (unpaired) electrons. The number of halogens is 1. The molecule has 1 aliphatic rings. The molecule has 0 saturated carbocycles. The highest BCUT2D eigenvalue weighted by Crippen LogP contribution is 2.36. The van der Waals surface area contributed by atoms with Crippen LogP contribution < -0.4 is 14.9 Å².